The van der Waals surface area contributed by atoms with Crippen molar-refractivity contribution < 1.29 is 0 Å². The topological polar surface area (TPSA) is 81.4 Å². The molecule has 0 spiro atoms. The van der Waals surface area contributed by atoms with Crippen molar-refractivity contribution >= 4 is 0 Å². The highest BCUT2D eigenvalue weighted by molar-refractivity contribution is 5.61. The van der Waals surface area contributed by atoms with Crippen LogP contribution in [-0.4, -0.2) is 46.1 Å². The summed E-state index contributed by atoms with van der Waals surface area (Å²) < 4.78 is 0. The molecular weight excluding hydrogens is 444 g/mol. The summed E-state index contributed by atoms with van der Waals surface area (Å²) in [6, 6.07) is 16.2. The number of benzene rings is 2. The predicted octanol–water partition coefficient (Wildman–Crippen LogP) is 4.86. The van der Waals surface area contributed by atoms with Crippen molar-refractivity contribution in [3.63, 3.8) is 0 Å². The lowest BCUT2D eigenvalue weighted by atomic mass is 10.1. The number of nitrogens with zero attached hydrogens (tertiary/aromatic N) is 2. The minimum absolute atomic E-state index is 0.982. The van der Waals surface area contributed by atoms with Crippen LogP contribution < -0.4 is 10.6 Å². The lowest BCUT2D eigenvalue weighted by molar-refractivity contribution is 0.857. The van der Waals surface area contributed by atoms with Crippen LogP contribution in [0.3, 0.4) is 0 Å². The average molecular weight is 479 g/mol. The van der Waals surface area contributed by atoms with Gasteiger partial charge in [0.15, 0.2) is 0 Å². The maximum Gasteiger partial charge on any atom is 0.0924 e. The number of imidazole rings is 2. The molecule has 0 saturated carbocycles. The molecule has 2 aliphatic rings. The number of hydrogen-bond donors (Lipinski definition) is 4. The fraction of sp³-hybridized carbons (Fsp3) is 0.267. The summed E-state index contributed by atoms with van der Waals surface area (Å²) in [7, 11) is 0. The van der Waals surface area contributed by atoms with Gasteiger partial charge in [-0.1, -0.05) is 36.1 Å². The van der Waals surface area contributed by atoms with Crippen LogP contribution in [0.25, 0.3) is 22.5 Å². The maximum atomic E-state index is 4.03. The van der Waals surface area contributed by atoms with Crippen LogP contribution in [0.1, 0.15) is 36.8 Å². The van der Waals surface area contributed by atoms with E-state index >= 15 is 0 Å². The second kappa shape index (κ2) is 15.7. The van der Waals surface area contributed by atoms with E-state index in [0.29, 0.717) is 0 Å². The molecule has 2 saturated heterocycles. The molecule has 184 valence electrons. The summed E-state index contributed by atoms with van der Waals surface area (Å²) in [5.41, 5.74) is 6.17. The van der Waals surface area contributed by atoms with E-state index in [-0.39, 0.29) is 0 Å². The lowest BCUT2D eigenvalue weighted by Gasteiger charge is -1.98. The zero-order valence-corrected chi connectivity index (χ0v) is 20.6. The van der Waals surface area contributed by atoms with Gasteiger partial charge in [0.2, 0.25) is 0 Å². The molecular formula is C30H34N6. The number of terminal acetylenes is 1. The van der Waals surface area contributed by atoms with E-state index in [1.807, 2.05) is 60.9 Å². The van der Waals surface area contributed by atoms with Crippen LogP contribution in [0.2, 0.25) is 0 Å². The smallest absolute Gasteiger partial charge is 0.0924 e. The van der Waals surface area contributed by atoms with Gasteiger partial charge in [-0.3, -0.25) is 0 Å². The fourth-order valence-corrected chi connectivity index (χ4v) is 3.69. The van der Waals surface area contributed by atoms with Gasteiger partial charge in [-0.2, -0.15) is 0 Å². The number of hydrogen-bond acceptors (Lipinski definition) is 4. The molecule has 36 heavy (non-hydrogen) atoms. The summed E-state index contributed by atoms with van der Waals surface area (Å²) in [6.45, 7) is 5.00. The minimum Gasteiger partial charge on any atom is -0.345 e. The second-order valence-electron chi connectivity index (χ2n) is 8.25. The molecule has 6 nitrogen and oxygen atoms in total. The van der Waals surface area contributed by atoms with Crippen molar-refractivity contribution in [2.75, 3.05) is 26.2 Å². The first kappa shape index (κ1) is 26.5. The summed E-state index contributed by atoms with van der Waals surface area (Å²) in [6.07, 6.45) is 20.5. The minimum atomic E-state index is 0.982. The monoisotopic (exact) mass is 478 g/mol. The Hall–Kier alpha value is -4.10. The maximum absolute atomic E-state index is 4.03. The van der Waals surface area contributed by atoms with E-state index in [1.54, 1.807) is 12.7 Å². The second-order valence-corrected chi connectivity index (χ2v) is 8.25. The summed E-state index contributed by atoms with van der Waals surface area (Å²) in [5, 5.41) is 6.44. The van der Waals surface area contributed by atoms with Crippen LogP contribution in [0, 0.1) is 24.7 Å². The molecule has 2 aliphatic heterocycles. The van der Waals surface area contributed by atoms with Crippen molar-refractivity contribution in [3.05, 3.63) is 84.7 Å². The Bertz CT molecular complexity index is 1060. The van der Waals surface area contributed by atoms with Gasteiger partial charge in [-0.15, -0.1) is 12.8 Å². The Kier molecular flexibility index (Phi) is 11.6. The largest absolute Gasteiger partial charge is 0.345 e. The summed E-state index contributed by atoms with van der Waals surface area (Å²) in [4.78, 5) is 14.3. The van der Waals surface area contributed by atoms with Crippen LogP contribution in [0.5, 0.6) is 0 Å². The zero-order chi connectivity index (χ0) is 25.3. The Morgan fingerprint density at radius 2 is 0.917 bits per heavy atom. The van der Waals surface area contributed by atoms with Crippen molar-refractivity contribution in [3.8, 4) is 47.2 Å². The number of aromatic nitrogens is 4. The molecule has 0 radical (unpaired) electrons. The molecule has 2 fully saturated rings. The highest BCUT2D eigenvalue weighted by Gasteiger charge is 1.99. The van der Waals surface area contributed by atoms with Crippen LogP contribution in [-0.2, 0) is 0 Å². The molecule has 6 rings (SSSR count). The SMILES string of the molecule is C#C.C(#Cc1ccc(-c2cnc[nH]2)cc1)c1ccc(-c2cnc[nH]2)cc1.C1CCNC1.C1CCNC1. The van der Waals surface area contributed by atoms with E-state index in [4.69, 9.17) is 0 Å². The van der Waals surface area contributed by atoms with E-state index < -0.39 is 0 Å². The fourth-order valence-electron chi connectivity index (χ4n) is 3.69. The molecule has 6 heteroatoms. The molecule has 4 aromatic rings. The molecule has 0 aliphatic carbocycles. The molecule has 2 aromatic carbocycles. The van der Waals surface area contributed by atoms with Gasteiger partial charge in [-0.05, 0) is 87.3 Å². The van der Waals surface area contributed by atoms with Crippen molar-refractivity contribution in [2.24, 2.45) is 0 Å². The zero-order valence-electron chi connectivity index (χ0n) is 20.6. The van der Waals surface area contributed by atoms with E-state index in [9.17, 15) is 0 Å². The number of rotatable bonds is 2. The quantitative estimate of drug-likeness (QED) is 0.310. The third-order valence-electron chi connectivity index (χ3n) is 5.65. The van der Waals surface area contributed by atoms with Crippen LogP contribution in [0.15, 0.2) is 73.6 Å². The van der Waals surface area contributed by atoms with Gasteiger partial charge in [0.05, 0.1) is 36.4 Å². The Morgan fingerprint density at radius 1 is 0.556 bits per heavy atom. The first-order valence-electron chi connectivity index (χ1n) is 12.3. The number of nitrogens with one attached hydrogen (secondary N) is 4. The molecule has 0 amide bonds. The average Bonchev–Trinajstić information content (AvgIpc) is 3.79. The predicted molar refractivity (Wildman–Crippen MR) is 148 cm³/mol. The molecule has 4 N–H and O–H groups in total. The van der Waals surface area contributed by atoms with Crippen LogP contribution in [0.4, 0.5) is 0 Å². The molecule has 0 atom stereocenters. The highest BCUT2D eigenvalue weighted by atomic mass is 14.9. The third-order valence-corrected chi connectivity index (χ3v) is 5.65. The normalized spacial score (nSPS) is 13.5. The van der Waals surface area contributed by atoms with Crippen molar-refractivity contribution in [1.29, 1.82) is 0 Å². The first-order valence-corrected chi connectivity index (χ1v) is 12.3. The van der Waals surface area contributed by atoms with E-state index in [0.717, 1.165) is 33.6 Å². The van der Waals surface area contributed by atoms with Gasteiger partial charge in [0.25, 0.3) is 0 Å². The lowest BCUT2D eigenvalue weighted by Crippen LogP contribution is -2.03. The van der Waals surface area contributed by atoms with Crippen molar-refractivity contribution in [1.82, 2.24) is 30.6 Å². The summed E-state index contributed by atoms with van der Waals surface area (Å²) >= 11 is 0. The molecule has 0 bridgehead atoms. The Morgan fingerprint density at radius 3 is 1.17 bits per heavy atom. The Labute approximate surface area is 214 Å². The Balaban J connectivity index is 0.000000247. The van der Waals surface area contributed by atoms with Crippen molar-refractivity contribution in [2.45, 2.75) is 25.7 Å². The van der Waals surface area contributed by atoms with E-state index in [1.165, 1.54) is 51.9 Å². The van der Waals surface area contributed by atoms with Gasteiger partial charge >= 0.3 is 0 Å². The van der Waals surface area contributed by atoms with Gasteiger partial charge in [-0.25, -0.2) is 9.97 Å². The number of H-pyrrole nitrogens is 2. The molecule has 4 heterocycles. The first-order chi connectivity index (χ1) is 17.9. The highest BCUT2D eigenvalue weighted by Crippen LogP contribution is 2.17. The molecule has 2 aromatic heterocycles. The number of aromatic amines is 2. The van der Waals surface area contributed by atoms with Gasteiger partial charge < -0.3 is 20.6 Å². The van der Waals surface area contributed by atoms with Gasteiger partial charge in [0.1, 0.15) is 0 Å². The molecule has 0 unspecified atom stereocenters. The summed E-state index contributed by atoms with van der Waals surface area (Å²) in [5.74, 6) is 6.38. The van der Waals surface area contributed by atoms with Crippen LogP contribution >= 0.6 is 0 Å². The van der Waals surface area contributed by atoms with Gasteiger partial charge in [0, 0.05) is 11.1 Å². The third kappa shape index (κ3) is 8.92. The van der Waals surface area contributed by atoms with E-state index in [2.05, 4.69) is 55.3 Å². The standard InChI is InChI=1S/C20H14N4.2C4H9N.C2H2/c1(15-3-7-17(8-4-15)19-11-21-13-23-19)2-16-5-9-18(10-6-16)20-12-22-14-24-20;2*1-2-4-5-3-1;1-2/h3-14H,(H,21,23)(H,22,24);2*5H,1-4H2;1-2H.